The lowest BCUT2D eigenvalue weighted by molar-refractivity contribution is -0.137. The molecule has 0 aliphatic carbocycles. The number of nitrogens with zero attached hydrogens (tertiary/aromatic N) is 2. The van der Waals surface area contributed by atoms with E-state index in [1.807, 2.05) is 0 Å². The van der Waals surface area contributed by atoms with E-state index in [1.54, 1.807) is 4.90 Å². The minimum absolute atomic E-state index is 0.0558. The van der Waals surface area contributed by atoms with Crippen molar-refractivity contribution in [1.82, 2.24) is 15.1 Å². The van der Waals surface area contributed by atoms with Gasteiger partial charge in [-0.1, -0.05) is 11.6 Å². The van der Waals surface area contributed by atoms with Gasteiger partial charge in [0, 0.05) is 29.7 Å². The van der Waals surface area contributed by atoms with Crippen LogP contribution in [0.25, 0.3) is 6.08 Å². The molecule has 0 radical (unpaired) electrons. The average Bonchev–Trinajstić information content (AvgIpc) is 3.48. The van der Waals surface area contributed by atoms with E-state index in [0.717, 1.165) is 4.90 Å². The van der Waals surface area contributed by atoms with E-state index in [0.29, 0.717) is 31.9 Å². The molecule has 1 N–H and O–H groups in total. The highest BCUT2D eigenvalue weighted by molar-refractivity contribution is 6.31. The van der Waals surface area contributed by atoms with Crippen molar-refractivity contribution in [3.8, 4) is 11.5 Å². The van der Waals surface area contributed by atoms with Gasteiger partial charge >= 0.3 is 12.0 Å². The zero-order chi connectivity index (χ0) is 26.5. The topological polar surface area (TPSA) is 137 Å². The molecule has 0 atom stereocenters. The molecule has 2 aromatic rings. The smallest absolute Gasteiger partial charge is 0.373 e. The van der Waals surface area contributed by atoms with Gasteiger partial charge < -0.3 is 33.6 Å². The van der Waals surface area contributed by atoms with Crippen LogP contribution >= 0.6 is 11.6 Å². The number of methoxy groups -OCH3 is 2. The number of nitrogens with one attached hydrogen (secondary N) is 1. The van der Waals surface area contributed by atoms with Gasteiger partial charge in [-0.2, -0.15) is 0 Å². The lowest BCUT2D eigenvalue weighted by Crippen LogP contribution is -2.43. The Morgan fingerprint density at radius 2 is 1.92 bits per heavy atom. The maximum atomic E-state index is 13.0. The minimum atomic E-state index is -0.689. The molecule has 2 aliphatic rings. The third kappa shape index (κ3) is 5.87. The normalized spacial score (nSPS) is 16.7. The Bertz CT molecular complexity index is 1250. The number of hydrogen-bond donors (Lipinski definition) is 1. The molecule has 4 rings (SSSR count). The molecule has 2 aliphatic heterocycles. The van der Waals surface area contributed by atoms with Crippen molar-refractivity contribution in [2.24, 2.45) is 0 Å². The Labute approximate surface area is 216 Å². The number of hydrogen-bond acceptors (Lipinski definition) is 9. The number of halogens is 1. The van der Waals surface area contributed by atoms with Crippen molar-refractivity contribution in [2.45, 2.75) is 6.54 Å². The fraction of sp³-hybridized carbons (Fsp3) is 0.333. The minimum Gasteiger partial charge on any atom is -0.493 e. The van der Waals surface area contributed by atoms with Gasteiger partial charge in [0.25, 0.3) is 11.8 Å². The summed E-state index contributed by atoms with van der Waals surface area (Å²) in [7, 11) is 2.62. The summed E-state index contributed by atoms with van der Waals surface area (Å²) in [5, 5.41) is 2.79. The van der Waals surface area contributed by atoms with Crippen LogP contribution in [0.15, 0.2) is 34.4 Å². The molecule has 0 bridgehead atoms. The monoisotopic (exact) mass is 533 g/mol. The summed E-state index contributed by atoms with van der Waals surface area (Å²) in [6, 6.07) is 5.19. The van der Waals surface area contributed by atoms with Crippen molar-refractivity contribution >= 4 is 41.5 Å². The number of imide groups is 1. The first kappa shape index (κ1) is 26.0. The number of morpholine rings is 1. The maximum absolute atomic E-state index is 13.0. The molecular formula is C24H24ClN3O9. The third-order valence-electron chi connectivity index (χ3n) is 5.60. The van der Waals surface area contributed by atoms with Crippen molar-refractivity contribution in [2.75, 3.05) is 47.1 Å². The molecule has 12 nitrogen and oxygen atoms in total. The molecule has 0 saturated carbocycles. The van der Waals surface area contributed by atoms with Crippen LogP contribution in [0.1, 0.15) is 21.9 Å². The lowest BCUT2D eigenvalue weighted by atomic mass is 10.1. The van der Waals surface area contributed by atoms with Gasteiger partial charge in [-0.15, -0.1) is 0 Å². The molecule has 13 heteroatoms. The number of furan rings is 1. The van der Waals surface area contributed by atoms with Crippen molar-refractivity contribution in [1.29, 1.82) is 0 Å². The standard InChI is InChI=1S/C24H24ClN3O9/c1-33-19-11-15(25)9-14(21(19)36-13-20(29)27-5-7-35-8-6-27)10-17-22(30)28(24(32)26-17)12-16-3-4-18(37-16)23(31)34-2/h3-4,9-11H,5-8,12-13H2,1-2H3,(H,26,32)/b17-10-. The van der Waals surface area contributed by atoms with Crippen molar-refractivity contribution in [3.63, 3.8) is 0 Å². The second kappa shape index (κ2) is 11.4. The number of esters is 1. The number of urea groups is 1. The second-order valence-corrected chi connectivity index (χ2v) is 8.38. The fourth-order valence-corrected chi connectivity index (χ4v) is 3.96. The van der Waals surface area contributed by atoms with Gasteiger partial charge in [-0.05, 0) is 24.3 Å². The van der Waals surface area contributed by atoms with Crippen LogP contribution in [0.5, 0.6) is 11.5 Å². The van der Waals surface area contributed by atoms with Gasteiger partial charge in [0.1, 0.15) is 11.5 Å². The highest BCUT2D eigenvalue weighted by Crippen LogP contribution is 2.36. The van der Waals surface area contributed by atoms with Crippen LogP contribution in [0.3, 0.4) is 0 Å². The van der Waals surface area contributed by atoms with E-state index in [9.17, 15) is 19.2 Å². The Kier molecular flexibility index (Phi) is 7.99. The number of carbonyl (C=O) groups excluding carboxylic acids is 4. The molecular weight excluding hydrogens is 510 g/mol. The molecule has 37 heavy (non-hydrogen) atoms. The molecule has 3 heterocycles. The van der Waals surface area contributed by atoms with E-state index in [1.165, 1.54) is 44.6 Å². The summed E-state index contributed by atoms with van der Waals surface area (Å²) in [5.41, 5.74) is 0.258. The summed E-state index contributed by atoms with van der Waals surface area (Å²) < 4.78 is 26.4. The first-order valence-corrected chi connectivity index (χ1v) is 11.6. The second-order valence-electron chi connectivity index (χ2n) is 7.95. The van der Waals surface area contributed by atoms with Crippen molar-refractivity contribution in [3.05, 3.63) is 52.1 Å². The first-order chi connectivity index (χ1) is 17.8. The van der Waals surface area contributed by atoms with Crippen molar-refractivity contribution < 1.29 is 42.5 Å². The predicted octanol–water partition coefficient (Wildman–Crippen LogP) is 2.06. The van der Waals surface area contributed by atoms with Crippen LogP contribution in [0.4, 0.5) is 4.79 Å². The SMILES string of the molecule is COC(=O)c1ccc(CN2C(=O)N/C(=C\c3cc(Cl)cc(OC)c3OCC(=O)N3CCOCC3)C2=O)o1. The highest BCUT2D eigenvalue weighted by Gasteiger charge is 2.35. The highest BCUT2D eigenvalue weighted by atomic mass is 35.5. The zero-order valence-electron chi connectivity index (χ0n) is 20.1. The van der Waals surface area contributed by atoms with Crippen LogP contribution in [0.2, 0.25) is 5.02 Å². The Morgan fingerprint density at radius 1 is 1.16 bits per heavy atom. The van der Waals surface area contributed by atoms with E-state index in [-0.39, 0.29) is 52.8 Å². The van der Waals surface area contributed by atoms with E-state index in [4.69, 9.17) is 30.2 Å². The Balaban J connectivity index is 1.54. The predicted molar refractivity (Wildman–Crippen MR) is 128 cm³/mol. The van der Waals surface area contributed by atoms with Gasteiger partial charge in [0.2, 0.25) is 5.76 Å². The molecule has 2 saturated heterocycles. The van der Waals surface area contributed by atoms with Crippen LogP contribution < -0.4 is 14.8 Å². The van der Waals surface area contributed by atoms with E-state index >= 15 is 0 Å². The summed E-state index contributed by atoms with van der Waals surface area (Å²) in [5.74, 6) is -0.988. The molecule has 2 fully saturated rings. The Morgan fingerprint density at radius 3 is 2.62 bits per heavy atom. The fourth-order valence-electron chi connectivity index (χ4n) is 3.74. The molecule has 196 valence electrons. The quantitative estimate of drug-likeness (QED) is 0.307. The van der Waals surface area contributed by atoms with Crippen LogP contribution in [-0.4, -0.2) is 80.7 Å². The first-order valence-electron chi connectivity index (χ1n) is 11.2. The molecule has 1 aromatic heterocycles. The van der Waals surface area contributed by atoms with Crippen LogP contribution in [0, 0.1) is 0 Å². The van der Waals surface area contributed by atoms with E-state index < -0.39 is 17.9 Å². The molecule has 4 amide bonds. The van der Waals surface area contributed by atoms with Crippen LogP contribution in [-0.2, 0) is 25.6 Å². The summed E-state index contributed by atoms with van der Waals surface area (Å²) >= 11 is 6.22. The molecule has 1 aromatic carbocycles. The number of rotatable bonds is 8. The molecule has 0 unspecified atom stereocenters. The number of ether oxygens (including phenoxy) is 4. The number of amides is 4. The maximum Gasteiger partial charge on any atom is 0.373 e. The summed E-state index contributed by atoms with van der Waals surface area (Å²) in [6.07, 6.45) is 1.38. The largest absolute Gasteiger partial charge is 0.493 e. The summed E-state index contributed by atoms with van der Waals surface area (Å²) in [4.78, 5) is 52.3. The zero-order valence-corrected chi connectivity index (χ0v) is 20.8. The molecule has 0 spiro atoms. The van der Waals surface area contributed by atoms with Gasteiger partial charge in [0.05, 0.1) is 34.0 Å². The lowest BCUT2D eigenvalue weighted by Gasteiger charge is -2.27. The van der Waals surface area contributed by atoms with E-state index in [2.05, 4.69) is 10.1 Å². The number of benzene rings is 1. The number of carbonyl (C=O) groups is 4. The summed E-state index contributed by atoms with van der Waals surface area (Å²) in [6.45, 7) is 1.34. The van der Waals surface area contributed by atoms with Gasteiger partial charge in [-0.3, -0.25) is 14.5 Å². The van der Waals surface area contributed by atoms with Gasteiger partial charge in [-0.25, -0.2) is 9.59 Å². The van der Waals surface area contributed by atoms with Gasteiger partial charge in [0.15, 0.2) is 18.1 Å². The average molecular weight is 534 g/mol. The Hall–Kier alpha value is -4.03. The third-order valence-corrected chi connectivity index (χ3v) is 5.81.